The van der Waals surface area contributed by atoms with Gasteiger partial charge in [0.1, 0.15) is 11.4 Å². The molecule has 1 fully saturated rings. The largest absolute Gasteiger partial charge is 0.453 e. The number of aromatic nitrogens is 2. The van der Waals surface area contributed by atoms with E-state index >= 15 is 0 Å². The molecule has 1 aromatic carbocycles. The predicted molar refractivity (Wildman–Crippen MR) is 162 cm³/mol. The molecule has 0 aliphatic carbocycles. The van der Waals surface area contributed by atoms with Crippen LogP contribution in [0.25, 0.3) is 11.0 Å². The van der Waals surface area contributed by atoms with E-state index in [0.717, 1.165) is 18.2 Å². The molecule has 1 amide bonds. The third-order valence-electron chi connectivity index (χ3n) is 5.06. The molecule has 3 N–H and O–H groups in total. The predicted octanol–water partition coefficient (Wildman–Crippen LogP) is 8.03. The molecule has 3 heterocycles. The summed E-state index contributed by atoms with van der Waals surface area (Å²) in [4.78, 5) is 17.4. The summed E-state index contributed by atoms with van der Waals surface area (Å²) in [5.41, 5.74) is 2.48. The molecular weight excluding hydrogens is 495 g/mol. The molecule has 1 aliphatic heterocycles. The Hall–Kier alpha value is -3.49. The van der Waals surface area contributed by atoms with Crippen LogP contribution in [0.15, 0.2) is 66.5 Å². The van der Waals surface area contributed by atoms with Crippen molar-refractivity contribution in [2.45, 2.75) is 60.3 Å². The Morgan fingerprint density at radius 3 is 2.33 bits per heavy atom. The van der Waals surface area contributed by atoms with Gasteiger partial charge < -0.3 is 25.1 Å². The highest BCUT2D eigenvalue weighted by Gasteiger charge is 2.09. The van der Waals surface area contributed by atoms with Crippen LogP contribution in [0, 0.1) is 5.82 Å². The van der Waals surface area contributed by atoms with Crippen molar-refractivity contribution >= 4 is 23.1 Å². The smallest absolute Gasteiger partial charge is 0.211 e. The van der Waals surface area contributed by atoms with E-state index in [-0.39, 0.29) is 5.75 Å². The first-order valence-corrected chi connectivity index (χ1v) is 13.5. The van der Waals surface area contributed by atoms with Crippen molar-refractivity contribution in [3.8, 4) is 11.5 Å². The average Bonchev–Trinajstić information content (AvgIpc) is 3.69. The van der Waals surface area contributed by atoms with E-state index in [0.29, 0.717) is 23.5 Å². The van der Waals surface area contributed by atoms with Crippen LogP contribution in [0.3, 0.4) is 0 Å². The number of nitrogens with one attached hydrogen (secondary N) is 3. The van der Waals surface area contributed by atoms with Gasteiger partial charge in [-0.3, -0.25) is 4.79 Å². The number of allylic oxidation sites excluding steroid dienone is 4. The first kappa shape index (κ1) is 35.5. The number of halogens is 1. The summed E-state index contributed by atoms with van der Waals surface area (Å²) in [7, 11) is 3.25. The number of methoxy groups -OCH3 is 1. The highest BCUT2D eigenvalue weighted by molar-refractivity contribution is 5.82. The van der Waals surface area contributed by atoms with Gasteiger partial charge in [0.2, 0.25) is 6.41 Å². The number of ether oxygens (including phenoxy) is 2. The number of rotatable bonds is 7. The molecule has 0 atom stereocenters. The number of hydrogen-bond acceptors (Lipinski definition) is 5. The summed E-state index contributed by atoms with van der Waals surface area (Å²) in [6.45, 7) is 13.0. The zero-order valence-corrected chi connectivity index (χ0v) is 24.6. The number of amides is 1. The van der Waals surface area contributed by atoms with Gasteiger partial charge >= 0.3 is 0 Å². The molecule has 216 valence electrons. The molecule has 0 bridgehead atoms. The minimum atomic E-state index is -0.558. The van der Waals surface area contributed by atoms with Gasteiger partial charge in [0.05, 0.1) is 5.39 Å². The second kappa shape index (κ2) is 23.6. The number of H-pyrrole nitrogens is 1. The third kappa shape index (κ3) is 15.5. The molecule has 7 nitrogen and oxygen atoms in total. The van der Waals surface area contributed by atoms with Crippen LogP contribution in [0.1, 0.15) is 60.3 Å². The van der Waals surface area contributed by atoms with Crippen molar-refractivity contribution in [1.82, 2.24) is 15.3 Å². The number of nitrogens with zero attached hydrogens (tertiary/aromatic N) is 1. The van der Waals surface area contributed by atoms with Crippen LogP contribution >= 0.6 is 0 Å². The summed E-state index contributed by atoms with van der Waals surface area (Å²) in [6.07, 6.45) is 15.3. The van der Waals surface area contributed by atoms with Gasteiger partial charge in [0.15, 0.2) is 11.6 Å². The lowest BCUT2D eigenvalue weighted by Crippen LogP contribution is -2.03. The molecular formula is C31H47FN4O3. The van der Waals surface area contributed by atoms with Crippen LogP contribution in [-0.4, -0.2) is 43.7 Å². The van der Waals surface area contributed by atoms with E-state index in [4.69, 9.17) is 4.74 Å². The summed E-state index contributed by atoms with van der Waals surface area (Å²) in [6, 6.07) is 7.67. The molecule has 0 saturated carbocycles. The summed E-state index contributed by atoms with van der Waals surface area (Å²) >= 11 is 0. The molecule has 1 aliphatic rings. The van der Waals surface area contributed by atoms with Gasteiger partial charge in [0.25, 0.3) is 0 Å². The third-order valence-corrected chi connectivity index (χ3v) is 5.06. The van der Waals surface area contributed by atoms with Crippen LogP contribution < -0.4 is 15.4 Å². The van der Waals surface area contributed by atoms with Gasteiger partial charge in [-0.25, -0.2) is 9.37 Å². The molecule has 3 aromatic rings. The number of hydrogen-bond donors (Lipinski definition) is 3. The Morgan fingerprint density at radius 2 is 1.79 bits per heavy atom. The monoisotopic (exact) mass is 542 g/mol. The lowest BCUT2D eigenvalue weighted by atomic mass is 10.2. The zero-order valence-electron chi connectivity index (χ0n) is 24.6. The molecule has 1 saturated heterocycles. The highest BCUT2D eigenvalue weighted by Crippen LogP contribution is 2.30. The maximum atomic E-state index is 13.9. The molecule has 0 unspecified atom stereocenters. The number of benzene rings is 1. The van der Waals surface area contributed by atoms with Crippen LogP contribution in [0.2, 0.25) is 0 Å². The fraction of sp³-hybridized carbons (Fsp3) is 0.419. The molecule has 2 aromatic heterocycles. The molecule has 0 radical (unpaired) electrons. The van der Waals surface area contributed by atoms with Crippen molar-refractivity contribution in [2.75, 3.05) is 32.6 Å². The standard InChI is InChI=1S/C14H10FN3O2.C9H16.C4H9N.C2H6O.C2H6/c15-11-7-9(18-8-19)1-2-13(11)20-12-4-6-17-14-10(12)3-5-16-14;1-4-6-7-8-9(3)5-2;1-2-4-5-3-1;1-3-2;1-2/h1-8H,(H,16,17)(H,18,19);6-8H,4-5H2,1-3H3;5H,1-4H2;1-2H3;1-2H3/b;7-6-,9-8-;;;. The van der Waals surface area contributed by atoms with E-state index in [2.05, 4.69) is 64.3 Å². The Labute approximate surface area is 233 Å². The van der Waals surface area contributed by atoms with Crippen molar-refractivity contribution in [3.05, 3.63) is 72.3 Å². The van der Waals surface area contributed by atoms with Gasteiger partial charge in [-0.1, -0.05) is 51.5 Å². The minimum Gasteiger partial charge on any atom is -0.453 e. The van der Waals surface area contributed by atoms with Crippen molar-refractivity contribution < 1.29 is 18.7 Å². The maximum Gasteiger partial charge on any atom is 0.211 e. The number of carbonyl (C=O) groups is 1. The Morgan fingerprint density at radius 1 is 1.10 bits per heavy atom. The van der Waals surface area contributed by atoms with Crippen LogP contribution in [-0.2, 0) is 9.53 Å². The summed E-state index contributed by atoms with van der Waals surface area (Å²) in [5.74, 6) is 0.0266. The van der Waals surface area contributed by atoms with E-state index in [9.17, 15) is 9.18 Å². The first-order chi connectivity index (χ1) is 19.0. The minimum absolute atomic E-state index is 0.0788. The molecule has 39 heavy (non-hydrogen) atoms. The topological polar surface area (TPSA) is 88.3 Å². The number of pyridine rings is 1. The van der Waals surface area contributed by atoms with Crippen molar-refractivity contribution in [2.24, 2.45) is 0 Å². The van der Waals surface area contributed by atoms with E-state index in [1.807, 2.05) is 13.8 Å². The Kier molecular flexibility index (Phi) is 21.5. The second-order valence-electron chi connectivity index (χ2n) is 8.13. The second-order valence-corrected chi connectivity index (χ2v) is 8.13. The number of fused-ring (bicyclic) bond motifs is 1. The van der Waals surface area contributed by atoms with Crippen molar-refractivity contribution in [3.63, 3.8) is 0 Å². The van der Waals surface area contributed by atoms with E-state index in [1.165, 1.54) is 43.6 Å². The fourth-order valence-electron chi connectivity index (χ4n) is 3.00. The number of carbonyl (C=O) groups excluding carboxylic acids is 1. The van der Waals surface area contributed by atoms with Crippen molar-refractivity contribution in [1.29, 1.82) is 0 Å². The summed E-state index contributed by atoms with van der Waals surface area (Å²) in [5, 5.41) is 6.36. The average molecular weight is 543 g/mol. The SMILES string of the molecule is C1CCNC1.CC.CC/C=C\C=C(\C)CC.COC.O=CNc1ccc(Oc2ccnc3[nH]ccc23)c(F)c1. The molecule has 0 spiro atoms. The fourth-order valence-corrected chi connectivity index (χ4v) is 3.00. The summed E-state index contributed by atoms with van der Waals surface area (Å²) < 4.78 is 23.7. The first-order valence-electron chi connectivity index (χ1n) is 13.5. The van der Waals surface area contributed by atoms with E-state index < -0.39 is 5.82 Å². The van der Waals surface area contributed by atoms with Gasteiger partial charge in [-0.2, -0.15) is 0 Å². The normalized spacial score (nSPS) is 12.1. The van der Waals surface area contributed by atoms with Crippen LogP contribution in [0.5, 0.6) is 11.5 Å². The Balaban J connectivity index is 0.000000629. The lowest BCUT2D eigenvalue weighted by Gasteiger charge is -2.08. The van der Waals surface area contributed by atoms with E-state index in [1.54, 1.807) is 44.8 Å². The number of aromatic amines is 1. The number of anilines is 1. The zero-order chi connectivity index (χ0) is 29.3. The maximum absolute atomic E-state index is 13.9. The van der Waals surface area contributed by atoms with Gasteiger partial charge in [-0.05, 0) is 70.0 Å². The Bertz CT molecular complexity index is 1080. The molecule has 4 rings (SSSR count). The lowest BCUT2D eigenvalue weighted by molar-refractivity contribution is -0.105. The highest BCUT2D eigenvalue weighted by atomic mass is 19.1. The quantitative estimate of drug-likeness (QED) is 0.208. The van der Waals surface area contributed by atoms with Crippen LogP contribution in [0.4, 0.5) is 10.1 Å². The van der Waals surface area contributed by atoms with Gasteiger partial charge in [-0.15, -0.1) is 0 Å². The van der Waals surface area contributed by atoms with Gasteiger partial charge in [0, 0.05) is 38.4 Å². The molecule has 8 heteroatoms.